The Hall–Kier alpha value is -1.65. The number of fused-ring (bicyclic) bond motifs is 1. The van der Waals surface area contributed by atoms with Crippen LogP contribution in [0.5, 0.6) is 0 Å². The van der Waals surface area contributed by atoms with Crippen molar-refractivity contribution in [3.05, 3.63) is 17.5 Å². The Bertz CT molecular complexity index is 393. The molecule has 1 aromatic heterocycles. The van der Waals surface area contributed by atoms with Gasteiger partial charge in [-0.15, -0.1) is 0 Å². The molecule has 0 aliphatic heterocycles. The molecule has 86 valence electrons. The summed E-state index contributed by atoms with van der Waals surface area (Å²) in [7, 11) is 0. The number of aliphatic carboxylic acids is 1. The molecule has 1 heterocycles. The van der Waals surface area contributed by atoms with Crippen LogP contribution in [0, 0.1) is 0 Å². The Balaban J connectivity index is 1.97. The van der Waals surface area contributed by atoms with E-state index >= 15 is 0 Å². The molecule has 0 atom stereocenters. The fourth-order valence-electron chi connectivity index (χ4n) is 1.84. The van der Waals surface area contributed by atoms with Gasteiger partial charge in [0.15, 0.2) is 0 Å². The number of nitrogens with one attached hydrogen (secondary N) is 1. The highest BCUT2D eigenvalue weighted by Crippen LogP contribution is 2.19. The number of carbonyl (C=O) groups is 1. The Kier molecular flexibility index (Phi) is 3.34. The Labute approximate surface area is 93.9 Å². The zero-order chi connectivity index (χ0) is 11.4. The van der Waals surface area contributed by atoms with Crippen molar-refractivity contribution in [2.75, 3.05) is 11.9 Å². The summed E-state index contributed by atoms with van der Waals surface area (Å²) in [5.74, 6) is -0.271. The lowest BCUT2D eigenvalue weighted by molar-refractivity contribution is -0.136. The molecular weight excluding hydrogens is 206 g/mol. The normalized spacial score (nSPS) is 14.2. The van der Waals surface area contributed by atoms with E-state index in [1.807, 2.05) is 6.20 Å². The van der Waals surface area contributed by atoms with E-state index in [0.717, 1.165) is 18.5 Å². The molecule has 1 aliphatic carbocycles. The first-order valence-electron chi connectivity index (χ1n) is 5.56. The highest BCUT2D eigenvalue weighted by atomic mass is 16.4. The van der Waals surface area contributed by atoms with Gasteiger partial charge in [0.05, 0.1) is 6.42 Å². The third kappa shape index (κ3) is 2.68. The number of aromatic nitrogens is 2. The topological polar surface area (TPSA) is 75.1 Å². The second kappa shape index (κ2) is 4.92. The largest absolute Gasteiger partial charge is 0.481 e. The van der Waals surface area contributed by atoms with E-state index in [4.69, 9.17) is 5.11 Å². The van der Waals surface area contributed by atoms with Crippen molar-refractivity contribution in [3.8, 4) is 0 Å². The molecule has 0 unspecified atom stereocenters. The van der Waals surface area contributed by atoms with Crippen molar-refractivity contribution in [1.82, 2.24) is 9.97 Å². The van der Waals surface area contributed by atoms with Crippen molar-refractivity contribution in [3.63, 3.8) is 0 Å². The lowest BCUT2D eigenvalue weighted by Gasteiger charge is -2.14. The van der Waals surface area contributed by atoms with E-state index in [1.165, 1.54) is 18.4 Å². The third-order valence-electron chi connectivity index (χ3n) is 2.69. The lowest BCUT2D eigenvalue weighted by Crippen LogP contribution is -2.13. The van der Waals surface area contributed by atoms with Crippen LogP contribution >= 0.6 is 0 Å². The molecule has 0 radical (unpaired) electrons. The van der Waals surface area contributed by atoms with Crippen molar-refractivity contribution in [1.29, 1.82) is 0 Å². The minimum absolute atomic E-state index is 0.0838. The molecule has 0 aromatic carbocycles. The molecule has 1 aliphatic rings. The lowest BCUT2D eigenvalue weighted by atomic mass is 9.98. The number of carboxylic acids is 1. The van der Waals surface area contributed by atoms with E-state index in [-0.39, 0.29) is 6.42 Å². The molecule has 0 bridgehead atoms. The van der Waals surface area contributed by atoms with Crippen molar-refractivity contribution >= 4 is 11.9 Å². The van der Waals surface area contributed by atoms with Crippen molar-refractivity contribution in [2.45, 2.75) is 32.1 Å². The van der Waals surface area contributed by atoms with Gasteiger partial charge in [-0.1, -0.05) is 0 Å². The van der Waals surface area contributed by atoms with Gasteiger partial charge in [0.1, 0.15) is 0 Å². The van der Waals surface area contributed by atoms with Gasteiger partial charge in [-0.2, -0.15) is 0 Å². The predicted octanol–water partition coefficient (Wildman–Crippen LogP) is 1.24. The summed E-state index contributed by atoms with van der Waals surface area (Å²) < 4.78 is 0. The van der Waals surface area contributed by atoms with E-state index in [1.54, 1.807) is 0 Å². The summed E-state index contributed by atoms with van der Waals surface area (Å²) in [5, 5.41) is 11.4. The van der Waals surface area contributed by atoms with Gasteiger partial charge in [0.25, 0.3) is 0 Å². The smallest absolute Gasteiger partial charge is 0.305 e. The summed E-state index contributed by atoms with van der Waals surface area (Å²) in [6.07, 6.45) is 6.39. The molecule has 0 amide bonds. The minimum Gasteiger partial charge on any atom is -0.481 e. The van der Waals surface area contributed by atoms with Gasteiger partial charge in [-0.25, -0.2) is 9.97 Å². The number of anilines is 1. The number of rotatable bonds is 4. The van der Waals surface area contributed by atoms with Crippen LogP contribution < -0.4 is 5.32 Å². The van der Waals surface area contributed by atoms with E-state index in [0.29, 0.717) is 12.5 Å². The number of aryl methyl sites for hydroxylation is 2. The van der Waals surface area contributed by atoms with Crippen LogP contribution in [0.3, 0.4) is 0 Å². The zero-order valence-electron chi connectivity index (χ0n) is 9.07. The zero-order valence-corrected chi connectivity index (χ0v) is 9.07. The summed E-state index contributed by atoms with van der Waals surface area (Å²) in [5.41, 5.74) is 2.34. The van der Waals surface area contributed by atoms with Crippen molar-refractivity contribution < 1.29 is 9.90 Å². The molecule has 1 aromatic rings. The highest BCUT2D eigenvalue weighted by molar-refractivity contribution is 5.67. The van der Waals surface area contributed by atoms with Crippen LogP contribution in [0.15, 0.2) is 6.20 Å². The predicted molar refractivity (Wildman–Crippen MR) is 59.4 cm³/mol. The van der Waals surface area contributed by atoms with Crippen LogP contribution in [0.1, 0.15) is 30.5 Å². The first-order valence-corrected chi connectivity index (χ1v) is 5.56. The van der Waals surface area contributed by atoms with Crippen LogP contribution in [0.4, 0.5) is 5.95 Å². The second-order valence-corrected chi connectivity index (χ2v) is 3.94. The minimum atomic E-state index is -0.814. The van der Waals surface area contributed by atoms with Gasteiger partial charge >= 0.3 is 5.97 Å². The van der Waals surface area contributed by atoms with Crippen LogP contribution in [0.2, 0.25) is 0 Å². The SMILES string of the molecule is O=C(O)CCNc1ncc2c(n1)CCCC2. The highest BCUT2D eigenvalue weighted by Gasteiger charge is 2.11. The molecule has 5 nitrogen and oxygen atoms in total. The van der Waals surface area contributed by atoms with Gasteiger partial charge in [0.2, 0.25) is 5.95 Å². The maximum Gasteiger partial charge on any atom is 0.305 e. The number of carboxylic acid groups (broad SMARTS) is 1. The van der Waals surface area contributed by atoms with Gasteiger partial charge in [0, 0.05) is 18.4 Å². The molecule has 2 rings (SSSR count). The van der Waals surface area contributed by atoms with Gasteiger partial charge < -0.3 is 10.4 Å². The Morgan fingerprint density at radius 2 is 2.25 bits per heavy atom. The van der Waals surface area contributed by atoms with Crippen LogP contribution in [0.25, 0.3) is 0 Å². The van der Waals surface area contributed by atoms with Gasteiger partial charge in [-0.3, -0.25) is 4.79 Å². The summed E-state index contributed by atoms with van der Waals surface area (Å²) in [4.78, 5) is 18.9. The molecule has 5 heteroatoms. The summed E-state index contributed by atoms with van der Waals surface area (Å²) >= 11 is 0. The average molecular weight is 221 g/mol. The molecule has 0 saturated heterocycles. The molecule has 0 saturated carbocycles. The van der Waals surface area contributed by atoms with Crippen LogP contribution in [-0.4, -0.2) is 27.6 Å². The van der Waals surface area contributed by atoms with Crippen LogP contribution in [-0.2, 0) is 17.6 Å². The van der Waals surface area contributed by atoms with Crippen molar-refractivity contribution in [2.24, 2.45) is 0 Å². The van der Waals surface area contributed by atoms with E-state index in [9.17, 15) is 4.79 Å². The molecular formula is C11H15N3O2. The molecule has 16 heavy (non-hydrogen) atoms. The summed E-state index contributed by atoms with van der Waals surface area (Å²) in [6.45, 7) is 0.369. The molecule has 0 spiro atoms. The first kappa shape index (κ1) is 10.9. The number of nitrogens with zero attached hydrogens (tertiary/aromatic N) is 2. The van der Waals surface area contributed by atoms with Gasteiger partial charge in [-0.05, 0) is 31.2 Å². The number of hydrogen-bond acceptors (Lipinski definition) is 4. The average Bonchev–Trinajstić information content (AvgIpc) is 2.28. The molecule has 2 N–H and O–H groups in total. The van der Waals surface area contributed by atoms with E-state index < -0.39 is 5.97 Å². The standard InChI is InChI=1S/C11H15N3O2/c15-10(16)5-6-12-11-13-7-8-3-1-2-4-9(8)14-11/h7H,1-6H2,(H,15,16)(H,12,13,14). The maximum absolute atomic E-state index is 10.3. The first-order chi connectivity index (χ1) is 7.75. The third-order valence-corrected chi connectivity index (χ3v) is 2.69. The van der Waals surface area contributed by atoms with E-state index in [2.05, 4.69) is 15.3 Å². The summed E-state index contributed by atoms with van der Waals surface area (Å²) in [6, 6.07) is 0. The quantitative estimate of drug-likeness (QED) is 0.800. The molecule has 0 fully saturated rings. The fraction of sp³-hybridized carbons (Fsp3) is 0.545. The maximum atomic E-state index is 10.3. The monoisotopic (exact) mass is 221 g/mol. The number of hydrogen-bond donors (Lipinski definition) is 2. The second-order valence-electron chi connectivity index (χ2n) is 3.94. The Morgan fingerprint density at radius 3 is 3.06 bits per heavy atom. The fourth-order valence-corrected chi connectivity index (χ4v) is 1.84. The Morgan fingerprint density at radius 1 is 1.44 bits per heavy atom.